The van der Waals surface area contributed by atoms with Crippen LogP contribution in [0.4, 0.5) is 5.69 Å². The lowest BCUT2D eigenvalue weighted by Crippen LogP contribution is -2.35. The van der Waals surface area contributed by atoms with Gasteiger partial charge < -0.3 is 10.2 Å². The van der Waals surface area contributed by atoms with Gasteiger partial charge in [0.2, 0.25) is 0 Å². The lowest BCUT2D eigenvalue weighted by Gasteiger charge is -2.27. The minimum Gasteiger partial charge on any atom is -0.369 e. The second-order valence-electron chi connectivity index (χ2n) is 5.12. The van der Waals surface area contributed by atoms with E-state index in [1.807, 2.05) is 12.1 Å². The van der Waals surface area contributed by atoms with Crippen LogP contribution < -0.4 is 10.2 Å². The molecule has 0 amide bonds. The fraction of sp³-hybridized carbons (Fsp3) is 0.500. The van der Waals surface area contributed by atoms with E-state index in [2.05, 4.69) is 38.3 Å². The first kappa shape index (κ1) is 12.0. The molecular weight excluding hydrogens is 290 g/mol. The fourth-order valence-corrected chi connectivity index (χ4v) is 3.49. The number of hydrogen-bond donors (Lipinski definition) is 1. The van der Waals surface area contributed by atoms with Crippen molar-refractivity contribution in [1.29, 1.82) is 5.26 Å². The Morgan fingerprint density at radius 2 is 2.11 bits per heavy atom. The van der Waals surface area contributed by atoms with E-state index in [0.29, 0.717) is 12.1 Å². The van der Waals surface area contributed by atoms with Crippen LogP contribution >= 0.6 is 15.9 Å². The Kier molecular flexibility index (Phi) is 3.27. The molecule has 0 aromatic heterocycles. The number of benzene rings is 1. The van der Waals surface area contributed by atoms with Gasteiger partial charge >= 0.3 is 0 Å². The molecule has 2 atom stereocenters. The summed E-state index contributed by atoms with van der Waals surface area (Å²) in [5, 5.41) is 13.0. The number of fused-ring (bicyclic) bond motifs is 2. The van der Waals surface area contributed by atoms with Crippen LogP contribution in [0.5, 0.6) is 0 Å². The largest absolute Gasteiger partial charge is 0.369 e. The van der Waals surface area contributed by atoms with Crippen LogP contribution in [-0.2, 0) is 0 Å². The average molecular weight is 306 g/mol. The zero-order valence-corrected chi connectivity index (χ0v) is 11.8. The molecule has 1 aromatic carbocycles. The van der Waals surface area contributed by atoms with Gasteiger partial charge in [-0.3, -0.25) is 0 Å². The van der Waals surface area contributed by atoms with Crippen molar-refractivity contribution in [2.75, 3.05) is 18.0 Å². The Bertz CT molecular complexity index is 494. The van der Waals surface area contributed by atoms with E-state index in [9.17, 15) is 5.26 Å². The van der Waals surface area contributed by atoms with Gasteiger partial charge in [-0.25, -0.2) is 0 Å². The Morgan fingerprint density at radius 1 is 1.28 bits per heavy atom. The zero-order chi connectivity index (χ0) is 12.5. The number of nitrogens with zero attached hydrogens (tertiary/aromatic N) is 2. The van der Waals surface area contributed by atoms with Gasteiger partial charge in [-0.15, -0.1) is 0 Å². The van der Waals surface area contributed by atoms with Crippen molar-refractivity contribution in [2.45, 2.75) is 31.3 Å². The molecule has 2 fully saturated rings. The zero-order valence-electron chi connectivity index (χ0n) is 10.2. The van der Waals surface area contributed by atoms with Crippen molar-refractivity contribution in [3.05, 3.63) is 28.2 Å². The molecule has 2 aliphatic rings. The van der Waals surface area contributed by atoms with E-state index >= 15 is 0 Å². The van der Waals surface area contributed by atoms with Crippen LogP contribution in [0.2, 0.25) is 0 Å². The summed E-state index contributed by atoms with van der Waals surface area (Å²) in [4.78, 5) is 2.36. The summed E-state index contributed by atoms with van der Waals surface area (Å²) in [5.74, 6) is 0. The van der Waals surface area contributed by atoms with Crippen LogP contribution in [0.1, 0.15) is 24.8 Å². The van der Waals surface area contributed by atoms with Crippen LogP contribution in [0.25, 0.3) is 0 Å². The first-order chi connectivity index (χ1) is 8.78. The lowest BCUT2D eigenvalue weighted by molar-refractivity contribution is 0.563. The number of nitriles is 1. The molecule has 0 spiro atoms. The third kappa shape index (κ3) is 2.13. The van der Waals surface area contributed by atoms with Crippen molar-refractivity contribution in [3.8, 4) is 6.07 Å². The van der Waals surface area contributed by atoms with Crippen LogP contribution in [0.3, 0.4) is 0 Å². The van der Waals surface area contributed by atoms with Gasteiger partial charge in [0, 0.05) is 29.6 Å². The molecule has 94 valence electrons. The minimum atomic E-state index is 0.586. The van der Waals surface area contributed by atoms with Crippen molar-refractivity contribution < 1.29 is 0 Å². The topological polar surface area (TPSA) is 39.1 Å². The molecule has 3 rings (SSSR count). The molecule has 0 aliphatic carbocycles. The second kappa shape index (κ2) is 4.91. The SMILES string of the molecule is N#Cc1c(Br)cccc1N1CCC2CCC(C1)N2. The van der Waals surface area contributed by atoms with E-state index in [4.69, 9.17) is 0 Å². The van der Waals surface area contributed by atoms with Gasteiger partial charge in [0.15, 0.2) is 0 Å². The van der Waals surface area contributed by atoms with Crippen molar-refractivity contribution in [3.63, 3.8) is 0 Å². The minimum absolute atomic E-state index is 0.586. The number of halogens is 1. The maximum atomic E-state index is 9.31. The summed E-state index contributed by atoms with van der Waals surface area (Å²) in [6.45, 7) is 2.06. The standard InChI is InChI=1S/C14H16BrN3/c15-13-2-1-3-14(12(13)8-16)18-7-6-10-4-5-11(9-18)17-10/h1-3,10-11,17H,4-7,9H2. The Balaban J connectivity index is 1.91. The number of anilines is 1. The van der Waals surface area contributed by atoms with Gasteiger partial charge in [-0.2, -0.15) is 5.26 Å². The van der Waals surface area contributed by atoms with Crippen molar-refractivity contribution >= 4 is 21.6 Å². The normalized spacial score (nSPS) is 26.8. The molecule has 0 radical (unpaired) electrons. The molecule has 1 aromatic rings. The summed E-state index contributed by atoms with van der Waals surface area (Å²) in [6.07, 6.45) is 3.74. The third-order valence-electron chi connectivity index (χ3n) is 3.97. The highest BCUT2D eigenvalue weighted by Crippen LogP contribution is 2.30. The highest BCUT2D eigenvalue weighted by molar-refractivity contribution is 9.10. The Morgan fingerprint density at radius 3 is 2.94 bits per heavy atom. The van der Waals surface area contributed by atoms with Crippen molar-refractivity contribution in [1.82, 2.24) is 5.32 Å². The van der Waals surface area contributed by atoms with Gasteiger partial charge in [-0.1, -0.05) is 6.07 Å². The summed E-state index contributed by atoms with van der Waals surface area (Å²) >= 11 is 3.47. The maximum absolute atomic E-state index is 9.31. The molecule has 3 nitrogen and oxygen atoms in total. The molecule has 18 heavy (non-hydrogen) atoms. The highest BCUT2D eigenvalue weighted by Gasteiger charge is 2.30. The fourth-order valence-electron chi connectivity index (χ4n) is 3.05. The molecule has 1 N–H and O–H groups in total. The average Bonchev–Trinajstić information content (AvgIpc) is 2.69. The maximum Gasteiger partial charge on any atom is 0.103 e. The predicted octanol–water partition coefficient (Wildman–Crippen LogP) is 2.65. The monoisotopic (exact) mass is 305 g/mol. The van der Waals surface area contributed by atoms with Crippen LogP contribution in [0, 0.1) is 11.3 Å². The number of nitrogens with one attached hydrogen (secondary N) is 1. The summed E-state index contributed by atoms with van der Waals surface area (Å²) in [6, 6.07) is 9.58. The smallest absolute Gasteiger partial charge is 0.103 e. The van der Waals surface area contributed by atoms with E-state index in [-0.39, 0.29) is 0 Å². The molecule has 2 heterocycles. The molecule has 0 saturated carbocycles. The van der Waals surface area contributed by atoms with Crippen LogP contribution in [-0.4, -0.2) is 25.2 Å². The van der Waals surface area contributed by atoms with Crippen molar-refractivity contribution in [2.24, 2.45) is 0 Å². The van der Waals surface area contributed by atoms with E-state index in [1.165, 1.54) is 19.3 Å². The van der Waals surface area contributed by atoms with E-state index in [0.717, 1.165) is 28.8 Å². The second-order valence-corrected chi connectivity index (χ2v) is 5.97. The quantitative estimate of drug-likeness (QED) is 0.867. The predicted molar refractivity (Wildman–Crippen MR) is 75.6 cm³/mol. The van der Waals surface area contributed by atoms with Gasteiger partial charge in [0.05, 0.1) is 11.3 Å². The van der Waals surface area contributed by atoms with Gasteiger partial charge in [0.25, 0.3) is 0 Å². The third-order valence-corrected chi connectivity index (χ3v) is 4.63. The summed E-state index contributed by atoms with van der Waals surface area (Å²) in [5.41, 5.74) is 1.83. The summed E-state index contributed by atoms with van der Waals surface area (Å²) in [7, 11) is 0. The Hall–Kier alpha value is -1.05. The molecule has 2 unspecified atom stereocenters. The van der Waals surface area contributed by atoms with E-state index < -0.39 is 0 Å². The number of hydrogen-bond acceptors (Lipinski definition) is 3. The van der Waals surface area contributed by atoms with Gasteiger partial charge in [0.1, 0.15) is 6.07 Å². The van der Waals surface area contributed by atoms with Gasteiger partial charge in [-0.05, 0) is 47.3 Å². The van der Waals surface area contributed by atoms with E-state index in [1.54, 1.807) is 0 Å². The molecule has 4 heteroatoms. The summed E-state index contributed by atoms with van der Waals surface area (Å²) < 4.78 is 0.893. The first-order valence-corrected chi connectivity index (χ1v) is 7.27. The van der Waals surface area contributed by atoms with Crippen LogP contribution in [0.15, 0.2) is 22.7 Å². The first-order valence-electron chi connectivity index (χ1n) is 6.47. The number of rotatable bonds is 1. The lowest BCUT2D eigenvalue weighted by atomic mass is 10.1. The Labute approximate surface area is 116 Å². The highest BCUT2D eigenvalue weighted by atomic mass is 79.9. The molecular formula is C14H16BrN3. The molecule has 2 aliphatic heterocycles. The molecule has 2 saturated heterocycles. The molecule has 2 bridgehead atoms.